The number of nitrogens with zero attached hydrogens (tertiary/aromatic N) is 4. The highest BCUT2D eigenvalue weighted by Crippen LogP contribution is 2.25. The van der Waals surface area contributed by atoms with Gasteiger partial charge < -0.3 is 5.32 Å². The monoisotopic (exact) mass is 295 g/mol. The zero-order chi connectivity index (χ0) is 14.9. The zero-order valence-corrected chi connectivity index (χ0v) is 12.1. The summed E-state index contributed by atoms with van der Waals surface area (Å²) in [6.45, 7) is 6.07. The number of nitro groups is 1. The van der Waals surface area contributed by atoms with E-state index in [1.54, 1.807) is 13.8 Å². The van der Waals surface area contributed by atoms with Gasteiger partial charge in [0.2, 0.25) is 0 Å². The number of pyridine rings is 1. The van der Waals surface area contributed by atoms with Crippen LogP contribution in [0.15, 0.2) is 12.1 Å². The van der Waals surface area contributed by atoms with E-state index in [4.69, 9.17) is 11.6 Å². The summed E-state index contributed by atoms with van der Waals surface area (Å²) in [7, 11) is 0. The molecule has 0 radical (unpaired) electrons. The van der Waals surface area contributed by atoms with Gasteiger partial charge in [0.1, 0.15) is 5.82 Å². The minimum atomic E-state index is -0.459. The second-order valence-corrected chi connectivity index (χ2v) is 4.63. The van der Waals surface area contributed by atoms with Crippen molar-refractivity contribution in [3.05, 3.63) is 38.7 Å². The summed E-state index contributed by atoms with van der Waals surface area (Å²) in [6, 6.07) is 2.76. The molecule has 0 spiro atoms. The first-order chi connectivity index (χ1) is 9.43. The summed E-state index contributed by atoms with van der Waals surface area (Å²) in [5, 5.41) is 18.7. The van der Waals surface area contributed by atoms with Gasteiger partial charge >= 0.3 is 0 Å². The molecule has 8 heteroatoms. The van der Waals surface area contributed by atoms with Gasteiger partial charge in [0.05, 0.1) is 33.5 Å². The van der Waals surface area contributed by atoms with E-state index in [0.29, 0.717) is 34.6 Å². The van der Waals surface area contributed by atoms with Crippen molar-refractivity contribution >= 4 is 23.1 Å². The molecule has 0 aliphatic heterocycles. The van der Waals surface area contributed by atoms with Crippen LogP contribution in [-0.4, -0.2) is 26.2 Å². The highest BCUT2D eigenvalue weighted by Gasteiger charge is 2.16. The third-order valence-corrected chi connectivity index (χ3v) is 3.33. The molecular formula is C12H14ClN5O2. The minimum absolute atomic E-state index is 0.0466. The molecule has 2 aromatic heterocycles. The van der Waals surface area contributed by atoms with Gasteiger partial charge in [-0.25, -0.2) is 9.67 Å². The minimum Gasteiger partial charge on any atom is -0.370 e. The number of hydrogen-bond donors (Lipinski definition) is 1. The third-order valence-electron chi connectivity index (χ3n) is 2.79. The largest absolute Gasteiger partial charge is 0.370 e. The van der Waals surface area contributed by atoms with Crippen molar-refractivity contribution in [3.8, 4) is 5.82 Å². The van der Waals surface area contributed by atoms with Crippen LogP contribution in [0.5, 0.6) is 0 Å². The lowest BCUT2D eigenvalue weighted by atomic mass is 10.3. The number of rotatable bonds is 4. The Morgan fingerprint density at radius 3 is 2.65 bits per heavy atom. The van der Waals surface area contributed by atoms with Crippen molar-refractivity contribution in [2.45, 2.75) is 20.8 Å². The second kappa shape index (κ2) is 5.46. The van der Waals surface area contributed by atoms with Gasteiger partial charge in [-0.3, -0.25) is 10.1 Å². The van der Waals surface area contributed by atoms with Crippen LogP contribution in [0.4, 0.5) is 11.5 Å². The maximum absolute atomic E-state index is 11.0. The Morgan fingerprint density at radius 1 is 1.45 bits per heavy atom. The summed E-state index contributed by atoms with van der Waals surface area (Å²) in [6.07, 6.45) is 0. The molecule has 0 aliphatic carbocycles. The van der Waals surface area contributed by atoms with E-state index in [1.165, 1.54) is 16.8 Å². The first-order valence-corrected chi connectivity index (χ1v) is 6.44. The predicted molar refractivity (Wildman–Crippen MR) is 76.7 cm³/mol. The first kappa shape index (κ1) is 14.3. The average molecular weight is 296 g/mol. The Hall–Kier alpha value is -2.15. The highest BCUT2D eigenvalue weighted by molar-refractivity contribution is 6.31. The number of aromatic nitrogens is 3. The fourth-order valence-corrected chi connectivity index (χ4v) is 1.95. The molecule has 0 bridgehead atoms. The number of hydrogen-bond acceptors (Lipinski definition) is 5. The van der Waals surface area contributed by atoms with Crippen molar-refractivity contribution in [2.75, 3.05) is 11.9 Å². The van der Waals surface area contributed by atoms with Gasteiger partial charge in [-0.1, -0.05) is 11.6 Å². The van der Waals surface area contributed by atoms with Gasteiger partial charge in [-0.15, -0.1) is 0 Å². The van der Waals surface area contributed by atoms with E-state index >= 15 is 0 Å². The van der Waals surface area contributed by atoms with E-state index in [0.717, 1.165) is 0 Å². The molecule has 2 aromatic rings. The standard InChI is InChI=1S/C12H14ClN5O2/c1-4-14-10-5-9(18(19)20)6-11(15-10)17-8(3)12(13)7(2)16-17/h5-6H,4H2,1-3H3,(H,14,15). The molecule has 20 heavy (non-hydrogen) atoms. The molecule has 0 saturated heterocycles. The van der Waals surface area contributed by atoms with Gasteiger partial charge in [0.25, 0.3) is 5.69 Å². The van der Waals surface area contributed by atoms with Crippen LogP contribution in [0, 0.1) is 24.0 Å². The topological polar surface area (TPSA) is 85.9 Å². The second-order valence-electron chi connectivity index (χ2n) is 4.25. The van der Waals surface area contributed by atoms with Gasteiger partial charge in [-0.2, -0.15) is 5.10 Å². The number of nitrogens with one attached hydrogen (secondary N) is 1. The molecule has 0 unspecified atom stereocenters. The van der Waals surface area contributed by atoms with Crippen molar-refractivity contribution in [3.63, 3.8) is 0 Å². The molecular weight excluding hydrogens is 282 g/mol. The molecule has 7 nitrogen and oxygen atoms in total. The van der Waals surface area contributed by atoms with Crippen LogP contribution in [0.1, 0.15) is 18.3 Å². The van der Waals surface area contributed by atoms with Crippen LogP contribution < -0.4 is 5.32 Å². The van der Waals surface area contributed by atoms with Crippen LogP contribution in [0.25, 0.3) is 5.82 Å². The lowest BCUT2D eigenvalue weighted by Crippen LogP contribution is -2.07. The molecule has 2 heterocycles. The normalized spacial score (nSPS) is 10.6. The number of anilines is 1. The fourth-order valence-electron chi connectivity index (χ4n) is 1.83. The van der Waals surface area contributed by atoms with Gasteiger partial charge in [0.15, 0.2) is 5.82 Å². The van der Waals surface area contributed by atoms with Crippen LogP contribution in [0.3, 0.4) is 0 Å². The quantitative estimate of drug-likeness (QED) is 0.692. The maximum Gasteiger partial charge on any atom is 0.276 e. The maximum atomic E-state index is 11.0. The Kier molecular flexibility index (Phi) is 3.89. The molecule has 0 fully saturated rings. The van der Waals surface area contributed by atoms with Gasteiger partial charge in [-0.05, 0) is 20.8 Å². The Labute approximate surface area is 120 Å². The summed E-state index contributed by atoms with van der Waals surface area (Å²) < 4.78 is 1.51. The smallest absolute Gasteiger partial charge is 0.276 e. The lowest BCUT2D eigenvalue weighted by Gasteiger charge is -2.07. The number of aryl methyl sites for hydroxylation is 1. The van der Waals surface area contributed by atoms with Crippen LogP contribution in [0.2, 0.25) is 5.02 Å². The van der Waals surface area contributed by atoms with E-state index < -0.39 is 4.92 Å². The molecule has 0 aliphatic rings. The molecule has 106 valence electrons. The highest BCUT2D eigenvalue weighted by atomic mass is 35.5. The Balaban J connectivity index is 2.60. The SMILES string of the molecule is CCNc1cc([N+](=O)[O-])cc(-n2nc(C)c(Cl)c2C)n1. The molecule has 0 amide bonds. The lowest BCUT2D eigenvalue weighted by molar-refractivity contribution is -0.384. The van der Waals surface area contributed by atoms with E-state index in [-0.39, 0.29) is 5.69 Å². The van der Waals surface area contributed by atoms with E-state index in [9.17, 15) is 10.1 Å². The van der Waals surface area contributed by atoms with Crippen molar-refractivity contribution in [1.29, 1.82) is 0 Å². The number of halogens is 1. The summed E-state index contributed by atoms with van der Waals surface area (Å²) in [5.74, 6) is 0.794. The Morgan fingerprint density at radius 2 is 2.15 bits per heavy atom. The zero-order valence-electron chi connectivity index (χ0n) is 11.3. The van der Waals surface area contributed by atoms with Gasteiger partial charge in [0, 0.05) is 6.54 Å². The Bertz CT molecular complexity index is 668. The molecule has 1 N–H and O–H groups in total. The predicted octanol–water partition coefficient (Wildman–Crippen LogP) is 2.88. The van der Waals surface area contributed by atoms with Crippen molar-refractivity contribution in [2.24, 2.45) is 0 Å². The third kappa shape index (κ3) is 2.57. The van der Waals surface area contributed by atoms with Crippen molar-refractivity contribution in [1.82, 2.24) is 14.8 Å². The summed E-state index contributed by atoms with van der Waals surface area (Å²) in [4.78, 5) is 14.9. The molecule has 0 saturated carbocycles. The summed E-state index contributed by atoms with van der Waals surface area (Å²) >= 11 is 6.09. The molecule has 2 rings (SSSR count). The van der Waals surface area contributed by atoms with Crippen LogP contribution >= 0.6 is 11.6 Å². The molecule has 0 aromatic carbocycles. The summed E-state index contributed by atoms with van der Waals surface area (Å²) in [5.41, 5.74) is 1.30. The van der Waals surface area contributed by atoms with E-state index in [2.05, 4.69) is 15.4 Å². The van der Waals surface area contributed by atoms with E-state index in [1.807, 2.05) is 6.92 Å². The average Bonchev–Trinajstić information content (AvgIpc) is 2.66. The first-order valence-electron chi connectivity index (χ1n) is 6.06. The molecule has 0 atom stereocenters. The fraction of sp³-hybridized carbons (Fsp3) is 0.333. The van der Waals surface area contributed by atoms with Crippen LogP contribution in [-0.2, 0) is 0 Å². The van der Waals surface area contributed by atoms with Crippen molar-refractivity contribution < 1.29 is 4.92 Å².